The Kier molecular flexibility index (Phi) is 6.39. The first-order valence-electron chi connectivity index (χ1n) is 9.64. The Balaban J connectivity index is 1.85. The van der Waals surface area contributed by atoms with Gasteiger partial charge in [-0.25, -0.2) is 8.42 Å². The minimum absolute atomic E-state index is 0.371. The molecule has 0 atom stereocenters. The summed E-state index contributed by atoms with van der Waals surface area (Å²) in [6.07, 6.45) is 13.2. The summed E-state index contributed by atoms with van der Waals surface area (Å²) in [5.41, 5.74) is 0. The Morgan fingerprint density at radius 1 is 0.864 bits per heavy atom. The van der Waals surface area contributed by atoms with Crippen molar-refractivity contribution < 1.29 is 8.42 Å². The highest BCUT2D eigenvalue weighted by Crippen LogP contribution is 2.45. The van der Waals surface area contributed by atoms with E-state index >= 15 is 0 Å². The summed E-state index contributed by atoms with van der Waals surface area (Å²) in [6, 6.07) is 0. The number of hydrogen-bond acceptors (Lipinski definition) is 2. The van der Waals surface area contributed by atoms with E-state index in [1.54, 1.807) is 0 Å². The van der Waals surface area contributed by atoms with Gasteiger partial charge in [0.2, 0.25) is 0 Å². The minimum atomic E-state index is -2.90. The van der Waals surface area contributed by atoms with Crippen molar-refractivity contribution in [3.8, 4) is 0 Å². The fraction of sp³-hybridized carbons (Fsp3) is 1.00. The van der Waals surface area contributed by atoms with Crippen molar-refractivity contribution in [2.75, 3.05) is 5.75 Å². The average Bonchev–Trinajstić information content (AvgIpc) is 2.49. The predicted molar refractivity (Wildman–Crippen MR) is 94.8 cm³/mol. The Bertz CT molecular complexity index is 424. The quantitative estimate of drug-likeness (QED) is 0.657. The van der Waals surface area contributed by atoms with E-state index in [9.17, 15) is 8.42 Å². The summed E-state index contributed by atoms with van der Waals surface area (Å²) >= 11 is 0. The Morgan fingerprint density at radius 2 is 1.41 bits per heavy atom. The van der Waals surface area contributed by atoms with Gasteiger partial charge in [0.15, 0.2) is 9.84 Å². The van der Waals surface area contributed by atoms with Gasteiger partial charge >= 0.3 is 0 Å². The first-order valence-corrected chi connectivity index (χ1v) is 11.3. The number of sulfone groups is 1. The van der Waals surface area contributed by atoms with Gasteiger partial charge in [-0.05, 0) is 69.6 Å². The van der Waals surface area contributed by atoms with Gasteiger partial charge in [0.25, 0.3) is 0 Å². The van der Waals surface area contributed by atoms with E-state index in [0.29, 0.717) is 5.75 Å². The zero-order valence-electron chi connectivity index (χ0n) is 14.9. The molecule has 2 saturated carbocycles. The summed E-state index contributed by atoms with van der Waals surface area (Å²) in [7, 11) is -2.90. The van der Waals surface area contributed by atoms with Gasteiger partial charge < -0.3 is 0 Å². The molecule has 2 nitrogen and oxygen atoms in total. The van der Waals surface area contributed by atoms with E-state index in [2.05, 4.69) is 6.92 Å². The monoisotopic (exact) mass is 328 g/mol. The van der Waals surface area contributed by atoms with Crippen LogP contribution in [0.3, 0.4) is 0 Å². The van der Waals surface area contributed by atoms with Crippen LogP contribution in [-0.4, -0.2) is 18.9 Å². The molecule has 0 unspecified atom stereocenters. The molecular weight excluding hydrogens is 292 g/mol. The molecule has 2 fully saturated rings. The largest absolute Gasteiger partial charge is 0.228 e. The summed E-state index contributed by atoms with van der Waals surface area (Å²) < 4.78 is 24.6. The van der Waals surface area contributed by atoms with Gasteiger partial charge in [0.05, 0.1) is 10.5 Å². The van der Waals surface area contributed by atoms with E-state index in [4.69, 9.17) is 0 Å². The molecule has 0 spiro atoms. The zero-order chi connectivity index (χ0) is 16.2. The fourth-order valence-electron chi connectivity index (χ4n) is 4.90. The van der Waals surface area contributed by atoms with Crippen LogP contribution in [0.4, 0.5) is 0 Å². The van der Waals surface area contributed by atoms with Crippen molar-refractivity contribution >= 4 is 9.84 Å². The molecule has 2 aliphatic rings. The van der Waals surface area contributed by atoms with Crippen molar-refractivity contribution in [1.29, 1.82) is 0 Å². The normalized spacial score (nSPS) is 37.1. The third-order valence-electron chi connectivity index (χ3n) is 6.57. The molecule has 0 aromatic carbocycles. The van der Waals surface area contributed by atoms with Crippen LogP contribution in [0.5, 0.6) is 0 Å². The lowest BCUT2D eigenvalue weighted by Crippen LogP contribution is -2.42. The third kappa shape index (κ3) is 4.07. The molecule has 0 N–H and O–H groups in total. The smallest absolute Gasteiger partial charge is 0.155 e. The minimum Gasteiger partial charge on any atom is -0.228 e. The van der Waals surface area contributed by atoms with Crippen molar-refractivity contribution in [2.45, 2.75) is 96.1 Å². The van der Waals surface area contributed by atoms with Crippen molar-refractivity contribution in [3.63, 3.8) is 0 Å². The van der Waals surface area contributed by atoms with Crippen LogP contribution in [-0.2, 0) is 9.84 Å². The number of rotatable bonds is 6. The molecule has 0 aliphatic heterocycles. The molecule has 2 aliphatic carbocycles. The second-order valence-electron chi connectivity index (χ2n) is 8.18. The van der Waals surface area contributed by atoms with Gasteiger partial charge in [-0.2, -0.15) is 0 Å². The van der Waals surface area contributed by atoms with Crippen LogP contribution >= 0.6 is 0 Å². The number of hydrogen-bond donors (Lipinski definition) is 0. The first kappa shape index (κ1) is 18.3. The lowest BCUT2D eigenvalue weighted by atomic mass is 9.69. The van der Waals surface area contributed by atoms with E-state index in [0.717, 1.165) is 49.9 Å². The molecule has 0 heterocycles. The standard InChI is InChI=1S/C19H36O2S/c1-4-6-16-7-9-17(10-8-16)18-11-13-19(3,14-12-18)22(20,21)15-5-2/h16-18H,4-15H2,1-3H3. The van der Waals surface area contributed by atoms with Gasteiger partial charge in [0.1, 0.15) is 0 Å². The van der Waals surface area contributed by atoms with Crippen LogP contribution in [0.15, 0.2) is 0 Å². The summed E-state index contributed by atoms with van der Waals surface area (Å²) in [5, 5.41) is 0. The third-order valence-corrected chi connectivity index (χ3v) is 9.42. The molecule has 0 aromatic heterocycles. The van der Waals surface area contributed by atoms with Crippen molar-refractivity contribution in [3.05, 3.63) is 0 Å². The fourth-order valence-corrected chi connectivity index (χ4v) is 6.79. The highest BCUT2D eigenvalue weighted by atomic mass is 32.2. The van der Waals surface area contributed by atoms with Crippen molar-refractivity contribution in [1.82, 2.24) is 0 Å². The molecule has 0 saturated heterocycles. The van der Waals surface area contributed by atoms with Crippen molar-refractivity contribution in [2.24, 2.45) is 17.8 Å². The summed E-state index contributed by atoms with van der Waals surface area (Å²) in [4.78, 5) is 0. The molecule has 22 heavy (non-hydrogen) atoms. The molecule has 0 aromatic rings. The van der Waals surface area contributed by atoms with E-state index in [-0.39, 0.29) is 0 Å². The van der Waals surface area contributed by atoms with Crippen LogP contribution in [0.25, 0.3) is 0 Å². The molecule has 130 valence electrons. The molecule has 0 bridgehead atoms. The van der Waals surface area contributed by atoms with E-state index < -0.39 is 14.6 Å². The zero-order valence-corrected chi connectivity index (χ0v) is 15.8. The van der Waals surface area contributed by atoms with Gasteiger partial charge in [0, 0.05) is 0 Å². The Morgan fingerprint density at radius 3 is 1.91 bits per heavy atom. The van der Waals surface area contributed by atoms with Gasteiger partial charge in [-0.3, -0.25) is 0 Å². The van der Waals surface area contributed by atoms with Gasteiger partial charge in [-0.1, -0.05) is 39.5 Å². The average molecular weight is 329 g/mol. The lowest BCUT2D eigenvalue weighted by molar-refractivity contribution is 0.152. The Labute approximate surface area is 138 Å². The SMILES string of the molecule is CCCC1CCC(C2CCC(C)(S(=O)(=O)CCC)CC2)CC1. The topological polar surface area (TPSA) is 34.1 Å². The molecular formula is C19H36O2S. The van der Waals surface area contributed by atoms with Crippen LogP contribution in [0.1, 0.15) is 91.4 Å². The Hall–Kier alpha value is -0.0500. The highest BCUT2D eigenvalue weighted by Gasteiger charge is 2.43. The molecule has 0 amide bonds. The highest BCUT2D eigenvalue weighted by molar-refractivity contribution is 7.92. The predicted octanol–water partition coefficient (Wildman–Crippen LogP) is 5.37. The maximum atomic E-state index is 12.5. The van der Waals surface area contributed by atoms with E-state index in [1.165, 1.54) is 38.5 Å². The maximum Gasteiger partial charge on any atom is 0.155 e. The second-order valence-corrected chi connectivity index (χ2v) is 10.8. The van der Waals surface area contributed by atoms with Crippen LogP contribution in [0, 0.1) is 17.8 Å². The summed E-state index contributed by atoms with van der Waals surface area (Å²) in [5.74, 6) is 3.02. The first-order chi connectivity index (χ1) is 10.4. The maximum absolute atomic E-state index is 12.5. The van der Waals surface area contributed by atoms with Crippen LogP contribution in [0.2, 0.25) is 0 Å². The molecule has 0 radical (unpaired) electrons. The van der Waals surface area contributed by atoms with E-state index in [1.807, 2.05) is 13.8 Å². The summed E-state index contributed by atoms with van der Waals surface area (Å²) in [6.45, 7) is 6.28. The lowest BCUT2D eigenvalue weighted by Gasteiger charge is -2.41. The van der Waals surface area contributed by atoms with Crippen LogP contribution < -0.4 is 0 Å². The molecule has 2 rings (SSSR count). The molecule has 3 heteroatoms. The van der Waals surface area contributed by atoms with Gasteiger partial charge in [-0.15, -0.1) is 0 Å². The second kappa shape index (κ2) is 7.68.